The monoisotopic (exact) mass is 204 g/mol. The van der Waals surface area contributed by atoms with Gasteiger partial charge in [0.2, 0.25) is 0 Å². The fourth-order valence-corrected chi connectivity index (χ4v) is 1.02. The van der Waals surface area contributed by atoms with Crippen molar-refractivity contribution in [3.63, 3.8) is 0 Å². The zero-order chi connectivity index (χ0) is 11.8. The zero-order valence-corrected chi connectivity index (χ0v) is 10.1. The van der Waals surface area contributed by atoms with E-state index in [1.54, 1.807) is 10.9 Å². The van der Waals surface area contributed by atoms with E-state index in [0.29, 0.717) is 0 Å². The molecular weight excluding hydrogens is 184 g/mol. The zero-order valence-electron chi connectivity index (χ0n) is 10.1. The lowest BCUT2D eigenvalue weighted by atomic mass is 10.2. The molecule has 1 aromatic heterocycles. The lowest BCUT2D eigenvalue weighted by molar-refractivity contribution is 0.757. The number of allylic oxidation sites excluding steroid dienone is 4. The largest absolute Gasteiger partial charge is 0.268 e. The van der Waals surface area contributed by atoms with Crippen LogP contribution >= 0.6 is 0 Å². The summed E-state index contributed by atoms with van der Waals surface area (Å²) in [7, 11) is 1.90. The molecule has 0 spiro atoms. The Morgan fingerprint density at radius 3 is 2.33 bits per heavy atom. The van der Waals surface area contributed by atoms with Crippen molar-refractivity contribution >= 4 is 5.57 Å². The molecule has 0 radical (unpaired) electrons. The molecular formula is C13H20N2. The molecule has 0 aliphatic rings. The van der Waals surface area contributed by atoms with Gasteiger partial charge in [-0.15, -0.1) is 0 Å². The first-order valence-corrected chi connectivity index (χ1v) is 5.12. The van der Waals surface area contributed by atoms with E-state index in [2.05, 4.69) is 18.3 Å². The molecule has 0 aliphatic heterocycles. The number of nitrogens with zero attached hydrogens (tertiary/aromatic N) is 2. The molecule has 0 N–H and O–H groups in total. The predicted molar refractivity (Wildman–Crippen MR) is 67.5 cm³/mol. The molecule has 2 heteroatoms. The summed E-state index contributed by atoms with van der Waals surface area (Å²) in [6.45, 7) is 13.7. The second kappa shape index (κ2) is 6.82. The average molecular weight is 204 g/mol. The molecule has 0 aliphatic carbocycles. The highest BCUT2D eigenvalue weighted by atomic mass is 15.3. The smallest absolute Gasteiger partial charge is 0.0672 e. The van der Waals surface area contributed by atoms with Crippen LogP contribution in [0.1, 0.15) is 26.5 Å². The predicted octanol–water partition coefficient (Wildman–Crippen LogP) is 3.59. The van der Waals surface area contributed by atoms with Gasteiger partial charge in [-0.3, -0.25) is 4.68 Å². The summed E-state index contributed by atoms with van der Waals surface area (Å²) < 4.78 is 1.80. The van der Waals surface area contributed by atoms with Crippen molar-refractivity contribution in [3.8, 4) is 0 Å². The Morgan fingerprint density at radius 2 is 1.93 bits per heavy atom. The molecule has 0 fully saturated rings. The quantitative estimate of drug-likeness (QED) is 0.688. The van der Waals surface area contributed by atoms with Gasteiger partial charge in [0, 0.05) is 13.2 Å². The number of hydrogen-bond acceptors (Lipinski definition) is 1. The van der Waals surface area contributed by atoms with Gasteiger partial charge in [-0.1, -0.05) is 44.7 Å². The second-order valence-corrected chi connectivity index (χ2v) is 3.04. The molecule has 1 heterocycles. The molecule has 1 rings (SSSR count). The Morgan fingerprint density at radius 1 is 1.33 bits per heavy atom. The van der Waals surface area contributed by atoms with E-state index in [4.69, 9.17) is 0 Å². The van der Waals surface area contributed by atoms with E-state index in [1.165, 1.54) is 0 Å². The van der Waals surface area contributed by atoms with Crippen LogP contribution in [-0.4, -0.2) is 9.78 Å². The van der Waals surface area contributed by atoms with E-state index in [1.807, 2.05) is 46.0 Å². The molecule has 0 atom stereocenters. The molecule has 0 bridgehead atoms. The van der Waals surface area contributed by atoms with Crippen LogP contribution in [0.5, 0.6) is 0 Å². The summed E-state index contributed by atoms with van der Waals surface area (Å²) in [4.78, 5) is 0. The lowest BCUT2D eigenvalue weighted by Crippen LogP contribution is -1.95. The van der Waals surface area contributed by atoms with Crippen LogP contribution in [0.2, 0.25) is 0 Å². The van der Waals surface area contributed by atoms with Crippen molar-refractivity contribution in [1.29, 1.82) is 0 Å². The first kappa shape index (κ1) is 13.4. The van der Waals surface area contributed by atoms with E-state index >= 15 is 0 Å². The minimum absolute atomic E-state index is 0.947. The SMILES string of the molecule is C=C(C)/C=C\C(=C)c1ccnn1C.CC. The van der Waals surface area contributed by atoms with Crippen LogP contribution < -0.4 is 0 Å². The third-order valence-electron chi connectivity index (χ3n) is 1.72. The van der Waals surface area contributed by atoms with Crippen LogP contribution in [0.4, 0.5) is 0 Å². The summed E-state index contributed by atoms with van der Waals surface area (Å²) in [5.41, 5.74) is 2.99. The van der Waals surface area contributed by atoms with Gasteiger partial charge in [-0.05, 0) is 18.6 Å². The van der Waals surface area contributed by atoms with Gasteiger partial charge in [-0.2, -0.15) is 5.10 Å². The summed E-state index contributed by atoms with van der Waals surface area (Å²) in [5, 5.41) is 4.06. The minimum atomic E-state index is 0.947. The topological polar surface area (TPSA) is 17.8 Å². The van der Waals surface area contributed by atoms with Crippen molar-refractivity contribution in [2.75, 3.05) is 0 Å². The average Bonchev–Trinajstić information content (AvgIpc) is 2.64. The molecule has 0 aromatic carbocycles. The standard InChI is InChI=1S/C11H14N2.C2H6/c1-9(2)5-6-10(3)11-7-8-12-13(11)4;1-2/h5-8H,1,3H2,2,4H3;1-2H3/b6-5-;. The Labute approximate surface area is 92.6 Å². The summed E-state index contributed by atoms with van der Waals surface area (Å²) in [6, 6.07) is 1.94. The van der Waals surface area contributed by atoms with Crippen molar-refractivity contribution in [1.82, 2.24) is 9.78 Å². The third kappa shape index (κ3) is 4.45. The second-order valence-electron chi connectivity index (χ2n) is 3.04. The molecule has 0 saturated carbocycles. The molecule has 15 heavy (non-hydrogen) atoms. The minimum Gasteiger partial charge on any atom is -0.268 e. The van der Waals surface area contributed by atoms with Gasteiger partial charge in [0.1, 0.15) is 0 Å². The maximum Gasteiger partial charge on any atom is 0.0672 e. The van der Waals surface area contributed by atoms with Gasteiger partial charge in [-0.25, -0.2) is 0 Å². The fourth-order valence-electron chi connectivity index (χ4n) is 1.02. The van der Waals surface area contributed by atoms with E-state index in [-0.39, 0.29) is 0 Å². The number of aryl methyl sites for hydroxylation is 1. The summed E-state index contributed by atoms with van der Waals surface area (Å²) >= 11 is 0. The molecule has 0 amide bonds. The third-order valence-corrected chi connectivity index (χ3v) is 1.72. The van der Waals surface area contributed by atoms with Crippen molar-refractivity contribution in [3.05, 3.63) is 48.8 Å². The van der Waals surface area contributed by atoms with Crippen molar-refractivity contribution < 1.29 is 0 Å². The highest BCUT2D eigenvalue weighted by Gasteiger charge is 1.98. The number of aromatic nitrogens is 2. The number of hydrogen-bond donors (Lipinski definition) is 0. The summed E-state index contributed by atoms with van der Waals surface area (Å²) in [5.74, 6) is 0. The van der Waals surface area contributed by atoms with Crippen LogP contribution in [0.3, 0.4) is 0 Å². The summed E-state index contributed by atoms with van der Waals surface area (Å²) in [6.07, 6.45) is 5.64. The van der Waals surface area contributed by atoms with Gasteiger partial charge in [0.15, 0.2) is 0 Å². The van der Waals surface area contributed by atoms with Gasteiger partial charge >= 0.3 is 0 Å². The van der Waals surface area contributed by atoms with Gasteiger partial charge < -0.3 is 0 Å². The first-order valence-electron chi connectivity index (χ1n) is 5.12. The van der Waals surface area contributed by atoms with E-state index < -0.39 is 0 Å². The molecule has 0 saturated heterocycles. The Hall–Kier alpha value is -1.57. The fraction of sp³-hybridized carbons (Fsp3) is 0.308. The Bertz CT molecular complexity index is 356. The Balaban J connectivity index is 0.000000921. The molecule has 2 nitrogen and oxygen atoms in total. The maximum atomic E-state index is 4.06. The van der Waals surface area contributed by atoms with Crippen molar-refractivity contribution in [2.45, 2.75) is 20.8 Å². The molecule has 82 valence electrons. The maximum absolute atomic E-state index is 4.06. The first-order chi connectivity index (χ1) is 7.11. The highest BCUT2D eigenvalue weighted by Crippen LogP contribution is 2.12. The normalized spacial score (nSPS) is 9.60. The molecule has 1 aromatic rings. The Kier molecular flexibility index (Phi) is 6.11. The van der Waals surface area contributed by atoms with Gasteiger partial charge in [0.25, 0.3) is 0 Å². The van der Waals surface area contributed by atoms with Crippen LogP contribution in [0, 0.1) is 0 Å². The van der Waals surface area contributed by atoms with Crippen LogP contribution in [-0.2, 0) is 7.05 Å². The van der Waals surface area contributed by atoms with Gasteiger partial charge in [0.05, 0.1) is 5.69 Å². The van der Waals surface area contributed by atoms with Crippen molar-refractivity contribution in [2.24, 2.45) is 7.05 Å². The molecule has 0 unspecified atom stereocenters. The number of rotatable bonds is 3. The van der Waals surface area contributed by atoms with E-state index in [9.17, 15) is 0 Å². The van der Waals surface area contributed by atoms with Crippen LogP contribution in [0.15, 0.2) is 43.1 Å². The lowest BCUT2D eigenvalue weighted by Gasteiger charge is -1.99. The highest BCUT2D eigenvalue weighted by molar-refractivity contribution is 5.70. The van der Waals surface area contributed by atoms with Crippen LogP contribution in [0.25, 0.3) is 5.57 Å². The van der Waals surface area contributed by atoms with E-state index in [0.717, 1.165) is 16.8 Å².